The standard InChI is InChI=1S/C14H16N4O4/c1-10-4-2-3-5-11(10)9-15-16-13-7-6-12(17(19)20)8-14(13)18(21)22/h6-9,16H,2-5H2,1H3/b15-9+. The van der Waals surface area contributed by atoms with Gasteiger partial charge >= 0.3 is 5.69 Å². The van der Waals surface area contributed by atoms with Crippen LogP contribution in [0.3, 0.4) is 0 Å². The summed E-state index contributed by atoms with van der Waals surface area (Å²) < 4.78 is 0. The Hall–Kier alpha value is -2.77. The summed E-state index contributed by atoms with van der Waals surface area (Å²) in [5, 5.41) is 25.7. The zero-order valence-electron chi connectivity index (χ0n) is 12.1. The first-order chi connectivity index (χ1) is 10.5. The number of nitrogens with one attached hydrogen (secondary N) is 1. The summed E-state index contributed by atoms with van der Waals surface area (Å²) in [5.74, 6) is 0. The number of rotatable bonds is 5. The van der Waals surface area contributed by atoms with Crippen LogP contribution in [0.15, 0.2) is 34.4 Å². The Bertz CT molecular complexity index is 667. The SMILES string of the molecule is CC1=C(/C=N/Nc2ccc([N+](=O)[O-])cc2[N+](=O)[O-])CCCC1. The summed E-state index contributed by atoms with van der Waals surface area (Å²) in [5.41, 5.74) is 4.43. The highest BCUT2D eigenvalue weighted by atomic mass is 16.6. The van der Waals surface area contributed by atoms with Crippen LogP contribution in [0.1, 0.15) is 32.6 Å². The molecule has 0 bridgehead atoms. The number of non-ortho nitro benzene ring substituents is 1. The van der Waals surface area contributed by atoms with Gasteiger partial charge in [0.15, 0.2) is 0 Å². The predicted octanol–water partition coefficient (Wildman–Crippen LogP) is 3.79. The predicted molar refractivity (Wildman–Crippen MR) is 83.0 cm³/mol. The minimum atomic E-state index is -0.671. The molecule has 116 valence electrons. The molecule has 1 aliphatic rings. The molecule has 8 nitrogen and oxygen atoms in total. The van der Waals surface area contributed by atoms with Gasteiger partial charge in [-0.2, -0.15) is 5.10 Å². The average molecular weight is 304 g/mol. The third-order valence-electron chi connectivity index (χ3n) is 3.59. The van der Waals surface area contributed by atoms with Crippen LogP contribution in [0.25, 0.3) is 0 Å². The molecule has 0 atom stereocenters. The van der Waals surface area contributed by atoms with Crippen LogP contribution < -0.4 is 5.43 Å². The van der Waals surface area contributed by atoms with E-state index in [4.69, 9.17) is 0 Å². The van der Waals surface area contributed by atoms with E-state index in [9.17, 15) is 20.2 Å². The van der Waals surface area contributed by atoms with Crippen LogP contribution in [0.5, 0.6) is 0 Å². The lowest BCUT2D eigenvalue weighted by Gasteiger charge is -2.13. The molecule has 8 heteroatoms. The summed E-state index contributed by atoms with van der Waals surface area (Å²) in [6, 6.07) is 3.41. The number of hydrogen-bond acceptors (Lipinski definition) is 6. The van der Waals surface area contributed by atoms with Crippen molar-refractivity contribution in [3.8, 4) is 0 Å². The van der Waals surface area contributed by atoms with Crippen molar-refractivity contribution in [1.29, 1.82) is 0 Å². The summed E-state index contributed by atoms with van der Waals surface area (Å²) in [4.78, 5) is 20.3. The van der Waals surface area contributed by atoms with Crippen LogP contribution in [0, 0.1) is 20.2 Å². The number of nitrogens with zero attached hydrogens (tertiary/aromatic N) is 3. The summed E-state index contributed by atoms with van der Waals surface area (Å²) in [6.45, 7) is 2.05. The van der Waals surface area contributed by atoms with Gasteiger partial charge in [-0.25, -0.2) is 0 Å². The molecular formula is C14H16N4O4. The van der Waals surface area contributed by atoms with E-state index < -0.39 is 9.85 Å². The second-order valence-corrected chi connectivity index (χ2v) is 5.10. The number of benzene rings is 1. The van der Waals surface area contributed by atoms with Gasteiger partial charge in [0.05, 0.1) is 22.1 Å². The number of hydrogen-bond donors (Lipinski definition) is 1. The zero-order chi connectivity index (χ0) is 16.1. The first-order valence-corrected chi connectivity index (χ1v) is 6.89. The third kappa shape index (κ3) is 3.66. The molecule has 0 unspecified atom stereocenters. The van der Waals surface area contributed by atoms with Gasteiger partial charge in [-0.15, -0.1) is 0 Å². The second kappa shape index (κ2) is 6.79. The van der Waals surface area contributed by atoms with Crippen LogP contribution in [0.2, 0.25) is 0 Å². The maximum atomic E-state index is 11.0. The van der Waals surface area contributed by atoms with E-state index in [1.54, 1.807) is 6.21 Å². The van der Waals surface area contributed by atoms with Crippen molar-refractivity contribution in [3.63, 3.8) is 0 Å². The van der Waals surface area contributed by atoms with Crippen molar-refractivity contribution in [2.75, 3.05) is 5.43 Å². The molecule has 0 aromatic heterocycles. The normalized spacial score (nSPS) is 15.1. The molecule has 2 rings (SSSR count). The Labute approximate surface area is 126 Å². The van der Waals surface area contributed by atoms with Gasteiger partial charge in [-0.1, -0.05) is 5.57 Å². The van der Waals surface area contributed by atoms with E-state index in [1.165, 1.54) is 24.1 Å². The molecule has 0 saturated heterocycles. The van der Waals surface area contributed by atoms with E-state index >= 15 is 0 Å². The lowest BCUT2D eigenvalue weighted by molar-refractivity contribution is -0.393. The molecule has 1 N–H and O–H groups in total. The van der Waals surface area contributed by atoms with Crippen LogP contribution >= 0.6 is 0 Å². The lowest BCUT2D eigenvalue weighted by atomic mass is 9.94. The molecule has 1 aliphatic carbocycles. The van der Waals surface area contributed by atoms with Crippen molar-refractivity contribution in [3.05, 3.63) is 49.6 Å². The monoisotopic (exact) mass is 304 g/mol. The molecule has 1 aromatic rings. The van der Waals surface area contributed by atoms with Gasteiger partial charge < -0.3 is 0 Å². The fourth-order valence-electron chi connectivity index (χ4n) is 2.31. The third-order valence-corrected chi connectivity index (χ3v) is 3.59. The fourth-order valence-corrected chi connectivity index (χ4v) is 2.31. The Balaban J connectivity index is 2.19. The van der Waals surface area contributed by atoms with Crippen molar-refractivity contribution in [2.45, 2.75) is 32.6 Å². The van der Waals surface area contributed by atoms with Crippen LogP contribution in [0.4, 0.5) is 17.1 Å². The first-order valence-electron chi connectivity index (χ1n) is 6.89. The molecule has 0 spiro atoms. The summed E-state index contributed by atoms with van der Waals surface area (Å²) in [6.07, 6.45) is 5.93. The van der Waals surface area contributed by atoms with E-state index in [2.05, 4.69) is 17.5 Å². The maximum Gasteiger partial charge on any atom is 0.301 e. The Morgan fingerprint density at radius 3 is 2.55 bits per heavy atom. The number of nitro groups is 2. The minimum Gasteiger partial charge on any atom is -0.272 e. The zero-order valence-corrected chi connectivity index (χ0v) is 12.1. The Morgan fingerprint density at radius 2 is 1.91 bits per heavy atom. The van der Waals surface area contributed by atoms with E-state index in [0.717, 1.165) is 30.9 Å². The lowest BCUT2D eigenvalue weighted by Crippen LogP contribution is -2.01. The molecule has 0 heterocycles. The first kappa shape index (κ1) is 15.6. The largest absolute Gasteiger partial charge is 0.301 e. The second-order valence-electron chi connectivity index (χ2n) is 5.10. The van der Waals surface area contributed by atoms with Crippen LogP contribution in [-0.4, -0.2) is 16.1 Å². The molecule has 0 amide bonds. The number of allylic oxidation sites excluding steroid dienone is 2. The smallest absolute Gasteiger partial charge is 0.272 e. The number of anilines is 1. The number of nitro benzene ring substituents is 2. The minimum absolute atomic E-state index is 0.126. The molecular weight excluding hydrogens is 288 g/mol. The van der Waals surface area contributed by atoms with Crippen LogP contribution in [-0.2, 0) is 0 Å². The summed E-state index contributed by atoms with van der Waals surface area (Å²) in [7, 11) is 0. The molecule has 0 fully saturated rings. The average Bonchev–Trinajstić information content (AvgIpc) is 2.49. The van der Waals surface area contributed by atoms with Crippen molar-refractivity contribution in [2.24, 2.45) is 5.10 Å². The van der Waals surface area contributed by atoms with Gasteiger partial charge in [-0.3, -0.25) is 25.7 Å². The molecule has 22 heavy (non-hydrogen) atoms. The highest BCUT2D eigenvalue weighted by molar-refractivity contribution is 5.81. The quantitative estimate of drug-likeness (QED) is 0.505. The van der Waals surface area contributed by atoms with Gasteiger partial charge in [0, 0.05) is 6.07 Å². The van der Waals surface area contributed by atoms with Gasteiger partial charge in [0.25, 0.3) is 5.69 Å². The molecule has 0 radical (unpaired) electrons. The Morgan fingerprint density at radius 1 is 1.18 bits per heavy atom. The van der Waals surface area contributed by atoms with E-state index in [-0.39, 0.29) is 17.1 Å². The molecule has 0 aliphatic heterocycles. The van der Waals surface area contributed by atoms with E-state index in [0.29, 0.717) is 0 Å². The van der Waals surface area contributed by atoms with Gasteiger partial charge in [-0.05, 0) is 44.2 Å². The Kier molecular flexibility index (Phi) is 4.82. The van der Waals surface area contributed by atoms with E-state index in [1.807, 2.05) is 0 Å². The maximum absolute atomic E-state index is 11.0. The summed E-state index contributed by atoms with van der Waals surface area (Å²) >= 11 is 0. The van der Waals surface area contributed by atoms with Crippen molar-refractivity contribution < 1.29 is 9.85 Å². The van der Waals surface area contributed by atoms with Crippen molar-refractivity contribution >= 4 is 23.3 Å². The molecule has 0 saturated carbocycles. The molecule has 1 aromatic carbocycles. The van der Waals surface area contributed by atoms with Gasteiger partial charge in [0.2, 0.25) is 0 Å². The van der Waals surface area contributed by atoms with Gasteiger partial charge in [0.1, 0.15) is 5.69 Å². The highest BCUT2D eigenvalue weighted by Crippen LogP contribution is 2.29. The topological polar surface area (TPSA) is 111 Å². The highest BCUT2D eigenvalue weighted by Gasteiger charge is 2.19. The van der Waals surface area contributed by atoms with Crippen molar-refractivity contribution in [1.82, 2.24) is 0 Å². The number of hydrazone groups is 1. The fraction of sp³-hybridized carbons (Fsp3) is 0.357.